The zero-order chi connectivity index (χ0) is 28.2. The van der Waals surface area contributed by atoms with Gasteiger partial charge in [-0.25, -0.2) is 9.18 Å². The number of alkyl halides is 3. The van der Waals surface area contributed by atoms with Crippen molar-refractivity contribution >= 4 is 17.4 Å². The van der Waals surface area contributed by atoms with Crippen molar-refractivity contribution in [3.05, 3.63) is 83.7 Å². The number of nitrogens with one attached hydrogen (secondary N) is 1. The molecule has 1 atom stereocenters. The van der Waals surface area contributed by atoms with Gasteiger partial charge < -0.3 is 10.2 Å². The molecule has 0 bridgehead atoms. The molecule has 6 nitrogen and oxygen atoms in total. The maximum atomic E-state index is 13.8. The summed E-state index contributed by atoms with van der Waals surface area (Å²) in [6, 6.07) is 18.5. The molecular formula is C29H29F4N5O. The van der Waals surface area contributed by atoms with Gasteiger partial charge in [0.25, 0.3) is 0 Å². The minimum absolute atomic E-state index is 0.156. The van der Waals surface area contributed by atoms with Gasteiger partial charge in [0, 0.05) is 50.1 Å². The number of nitriles is 1. The van der Waals surface area contributed by atoms with Crippen molar-refractivity contribution in [3.8, 4) is 17.2 Å². The van der Waals surface area contributed by atoms with E-state index in [4.69, 9.17) is 0 Å². The van der Waals surface area contributed by atoms with Gasteiger partial charge in [0.1, 0.15) is 5.82 Å². The molecule has 3 aromatic carbocycles. The Hall–Kier alpha value is -3.94. The standard InChI is InChI=1S/C29H29F4N5O/c1-20-19-36(2)12-13-37(20)14-15-38(28(39)35-24-8-11-27(30)26(17-24)29(31,32)33)25-9-6-22(7-10-25)23-5-3-4-21(16-23)18-34/h3-11,16-17,20H,12-15,19H2,1-2H3,(H,35,39). The molecule has 2 amide bonds. The summed E-state index contributed by atoms with van der Waals surface area (Å²) < 4.78 is 53.4. The molecular weight excluding hydrogens is 510 g/mol. The van der Waals surface area contributed by atoms with Crippen molar-refractivity contribution in [1.82, 2.24) is 9.80 Å². The van der Waals surface area contributed by atoms with E-state index in [1.807, 2.05) is 18.2 Å². The summed E-state index contributed by atoms with van der Waals surface area (Å²) in [6.45, 7) is 5.57. The van der Waals surface area contributed by atoms with Crippen LogP contribution in [0.4, 0.5) is 33.7 Å². The van der Waals surface area contributed by atoms with E-state index in [-0.39, 0.29) is 18.3 Å². The number of hydrogen-bond donors (Lipinski definition) is 1. The Morgan fingerprint density at radius 2 is 1.82 bits per heavy atom. The van der Waals surface area contributed by atoms with E-state index in [0.29, 0.717) is 29.9 Å². The van der Waals surface area contributed by atoms with Crippen LogP contribution in [0.3, 0.4) is 0 Å². The minimum atomic E-state index is -4.89. The molecule has 1 saturated heterocycles. The first-order valence-electron chi connectivity index (χ1n) is 12.5. The van der Waals surface area contributed by atoms with Gasteiger partial charge in [-0.2, -0.15) is 18.4 Å². The second kappa shape index (κ2) is 11.8. The number of likely N-dealkylation sites (N-methyl/N-ethyl adjacent to an activating group) is 1. The first kappa shape index (κ1) is 28.1. The number of anilines is 2. The molecule has 39 heavy (non-hydrogen) atoms. The third-order valence-electron chi connectivity index (χ3n) is 6.85. The minimum Gasteiger partial charge on any atom is -0.308 e. The second-order valence-corrected chi connectivity index (χ2v) is 9.66. The first-order valence-corrected chi connectivity index (χ1v) is 12.5. The van der Waals surface area contributed by atoms with E-state index in [1.54, 1.807) is 30.3 Å². The van der Waals surface area contributed by atoms with Crippen LogP contribution in [0.2, 0.25) is 0 Å². The smallest absolute Gasteiger partial charge is 0.308 e. The lowest BCUT2D eigenvalue weighted by molar-refractivity contribution is -0.139. The van der Waals surface area contributed by atoms with E-state index >= 15 is 0 Å². The van der Waals surface area contributed by atoms with E-state index in [2.05, 4.69) is 35.2 Å². The number of benzene rings is 3. The fraction of sp³-hybridized carbons (Fsp3) is 0.310. The zero-order valence-electron chi connectivity index (χ0n) is 21.7. The lowest BCUT2D eigenvalue weighted by Gasteiger charge is -2.39. The van der Waals surface area contributed by atoms with Gasteiger partial charge >= 0.3 is 12.2 Å². The molecule has 10 heteroatoms. The van der Waals surface area contributed by atoms with Gasteiger partial charge in [-0.3, -0.25) is 9.80 Å². The number of carbonyl (C=O) groups excluding carboxylic acids is 1. The number of nitrogens with zero attached hydrogens (tertiary/aromatic N) is 4. The number of carbonyl (C=O) groups is 1. The van der Waals surface area contributed by atoms with Gasteiger partial charge in [0.2, 0.25) is 0 Å². The van der Waals surface area contributed by atoms with Crippen molar-refractivity contribution in [2.45, 2.75) is 19.1 Å². The van der Waals surface area contributed by atoms with Crippen molar-refractivity contribution in [3.63, 3.8) is 0 Å². The number of rotatable bonds is 6. The Kier molecular flexibility index (Phi) is 8.53. The lowest BCUT2D eigenvalue weighted by atomic mass is 10.0. The quantitative estimate of drug-likeness (QED) is 0.387. The second-order valence-electron chi connectivity index (χ2n) is 9.66. The predicted molar refractivity (Wildman–Crippen MR) is 143 cm³/mol. The van der Waals surface area contributed by atoms with Crippen LogP contribution in [0, 0.1) is 17.1 Å². The van der Waals surface area contributed by atoms with Gasteiger partial charge in [0.05, 0.1) is 17.2 Å². The Labute approximate surface area is 225 Å². The first-order chi connectivity index (χ1) is 18.5. The average Bonchev–Trinajstić information content (AvgIpc) is 2.90. The number of amides is 2. The normalized spacial score (nSPS) is 16.5. The van der Waals surface area contributed by atoms with Crippen LogP contribution in [0.5, 0.6) is 0 Å². The Bertz CT molecular complexity index is 1350. The lowest BCUT2D eigenvalue weighted by Crippen LogP contribution is -2.52. The molecule has 0 radical (unpaired) electrons. The van der Waals surface area contributed by atoms with Crippen LogP contribution >= 0.6 is 0 Å². The van der Waals surface area contributed by atoms with Crippen molar-refractivity contribution in [2.75, 3.05) is 50.0 Å². The molecule has 0 spiro atoms. The molecule has 204 valence electrons. The maximum Gasteiger partial charge on any atom is 0.419 e. The van der Waals surface area contributed by atoms with Crippen LogP contribution in [0.15, 0.2) is 66.7 Å². The summed E-state index contributed by atoms with van der Waals surface area (Å²) in [4.78, 5) is 19.4. The molecule has 1 aliphatic rings. The third kappa shape index (κ3) is 6.93. The Morgan fingerprint density at radius 1 is 1.08 bits per heavy atom. The van der Waals surface area contributed by atoms with Crippen molar-refractivity contribution < 1.29 is 22.4 Å². The van der Waals surface area contributed by atoms with Crippen LogP contribution in [-0.2, 0) is 6.18 Å². The van der Waals surface area contributed by atoms with Crippen LogP contribution in [0.1, 0.15) is 18.1 Å². The summed E-state index contributed by atoms with van der Waals surface area (Å²) in [7, 11) is 2.05. The highest BCUT2D eigenvalue weighted by atomic mass is 19.4. The Morgan fingerprint density at radius 3 is 2.49 bits per heavy atom. The van der Waals surface area contributed by atoms with Gasteiger partial charge in [-0.1, -0.05) is 24.3 Å². The largest absolute Gasteiger partial charge is 0.419 e. The molecule has 1 aliphatic heterocycles. The molecule has 1 unspecified atom stereocenters. The van der Waals surface area contributed by atoms with Crippen molar-refractivity contribution in [1.29, 1.82) is 5.26 Å². The van der Waals surface area contributed by atoms with E-state index in [1.165, 1.54) is 4.90 Å². The average molecular weight is 540 g/mol. The van der Waals surface area contributed by atoms with Crippen LogP contribution in [0.25, 0.3) is 11.1 Å². The summed E-state index contributed by atoms with van der Waals surface area (Å²) in [6.07, 6.45) is -4.89. The number of halogens is 4. The monoisotopic (exact) mass is 539 g/mol. The maximum absolute atomic E-state index is 13.8. The highest BCUT2D eigenvalue weighted by Crippen LogP contribution is 2.33. The number of piperazine rings is 1. The topological polar surface area (TPSA) is 62.6 Å². The summed E-state index contributed by atoms with van der Waals surface area (Å²) in [5.41, 5.74) is 1.16. The summed E-state index contributed by atoms with van der Waals surface area (Å²) >= 11 is 0. The zero-order valence-corrected chi connectivity index (χ0v) is 21.7. The highest BCUT2D eigenvalue weighted by Gasteiger charge is 2.34. The number of urea groups is 1. The number of hydrogen-bond acceptors (Lipinski definition) is 4. The molecule has 0 aromatic heterocycles. The SMILES string of the molecule is CC1CN(C)CCN1CCN(C(=O)Nc1ccc(F)c(C(F)(F)F)c1)c1ccc(-c2cccc(C#N)c2)cc1. The van der Waals surface area contributed by atoms with Crippen LogP contribution < -0.4 is 10.2 Å². The summed E-state index contributed by atoms with van der Waals surface area (Å²) in [5, 5.41) is 11.7. The molecule has 1 heterocycles. The van der Waals surface area contributed by atoms with Gasteiger partial charge in [0.15, 0.2) is 0 Å². The fourth-order valence-corrected chi connectivity index (χ4v) is 4.70. The van der Waals surface area contributed by atoms with E-state index < -0.39 is 23.6 Å². The Balaban J connectivity index is 1.58. The third-order valence-corrected chi connectivity index (χ3v) is 6.85. The molecule has 1 fully saturated rings. The predicted octanol–water partition coefficient (Wildman–Crippen LogP) is 6.06. The van der Waals surface area contributed by atoms with Crippen LogP contribution in [-0.4, -0.2) is 61.6 Å². The van der Waals surface area contributed by atoms with Gasteiger partial charge in [-0.05, 0) is 67.6 Å². The molecule has 0 aliphatic carbocycles. The molecule has 4 rings (SSSR count). The highest BCUT2D eigenvalue weighted by molar-refractivity contribution is 6.02. The molecule has 1 N–H and O–H groups in total. The van der Waals surface area contributed by atoms with Crippen molar-refractivity contribution in [2.24, 2.45) is 0 Å². The fourth-order valence-electron chi connectivity index (χ4n) is 4.70. The molecule has 3 aromatic rings. The van der Waals surface area contributed by atoms with E-state index in [9.17, 15) is 27.6 Å². The molecule has 0 saturated carbocycles. The summed E-state index contributed by atoms with van der Waals surface area (Å²) in [5.74, 6) is -1.41. The van der Waals surface area contributed by atoms with E-state index in [0.717, 1.165) is 36.8 Å². The van der Waals surface area contributed by atoms with Gasteiger partial charge in [-0.15, -0.1) is 0 Å².